The number of fused-ring (bicyclic) bond motifs is 1. The van der Waals surface area contributed by atoms with Crippen LogP contribution in [0.5, 0.6) is 0 Å². The molecule has 2 heterocycles. The van der Waals surface area contributed by atoms with Crippen LogP contribution in [0.3, 0.4) is 0 Å². The van der Waals surface area contributed by atoms with Gasteiger partial charge in [-0.15, -0.1) is 0 Å². The predicted molar refractivity (Wildman–Crippen MR) is 85.0 cm³/mol. The van der Waals surface area contributed by atoms with Gasteiger partial charge >= 0.3 is 5.97 Å². The molecule has 1 fully saturated rings. The smallest absolute Gasteiger partial charge is 0.339 e. The van der Waals surface area contributed by atoms with E-state index in [2.05, 4.69) is 5.10 Å². The van der Waals surface area contributed by atoms with Gasteiger partial charge in [0.15, 0.2) is 5.65 Å². The summed E-state index contributed by atoms with van der Waals surface area (Å²) in [4.78, 5) is 17.1. The second kappa shape index (κ2) is 6.37. The Balaban J connectivity index is 1.94. The Kier molecular flexibility index (Phi) is 4.28. The van der Waals surface area contributed by atoms with E-state index < -0.39 is 0 Å². The summed E-state index contributed by atoms with van der Waals surface area (Å²) in [7, 11) is 0. The Bertz CT molecular complexity index is 769. The Morgan fingerprint density at radius 2 is 2.30 bits per heavy atom. The lowest BCUT2D eigenvalue weighted by molar-refractivity contribution is 0.0504. The van der Waals surface area contributed by atoms with Crippen molar-refractivity contribution in [1.29, 1.82) is 5.26 Å². The van der Waals surface area contributed by atoms with Crippen molar-refractivity contribution in [3.8, 4) is 6.07 Å². The lowest BCUT2D eigenvalue weighted by Gasteiger charge is -2.10. The molecular weight excluding hydrogens is 292 g/mol. The number of rotatable bonds is 6. The molecule has 0 unspecified atom stereocenters. The number of unbranched alkanes of at least 4 members (excludes halogenated alkanes) is 1. The van der Waals surface area contributed by atoms with E-state index in [0.717, 1.165) is 29.6 Å². The number of nitrogens with zero attached hydrogens (tertiary/aromatic N) is 4. The van der Waals surface area contributed by atoms with Crippen molar-refractivity contribution < 1.29 is 9.53 Å². The van der Waals surface area contributed by atoms with Gasteiger partial charge < -0.3 is 4.74 Å². The summed E-state index contributed by atoms with van der Waals surface area (Å²) in [5, 5.41) is 13.6. The molecule has 0 N–H and O–H groups in total. The molecule has 0 saturated heterocycles. The van der Waals surface area contributed by atoms with Crippen molar-refractivity contribution in [2.24, 2.45) is 0 Å². The fraction of sp³-hybridized carbons (Fsp3) is 0.529. The van der Waals surface area contributed by atoms with Crippen molar-refractivity contribution >= 4 is 17.0 Å². The van der Waals surface area contributed by atoms with E-state index in [0.29, 0.717) is 24.3 Å². The quantitative estimate of drug-likeness (QED) is 0.603. The normalized spacial score (nSPS) is 14.2. The lowest BCUT2D eigenvalue weighted by Crippen LogP contribution is -2.09. The molecule has 0 bridgehead atoms. The Morgan fingerprint density at radius 1 is 1.52 bits per heavy atom. The summed E-state index contributed by atoms with van der Waals surface area (Å²) in [6, 6.07) is 4.07. The molecule has 23 heavy (non-hydrogen) atoms. The highest BCUT2D eigenvalue weighted by Crippen LogP contribution is 2.40. The number of pyridine rings is 1. The molecule has 2 aromatic heterocycles. The van der Waals surface area contributed by atoms with Gasteiger partial charge in [0.25, 0.3) is 0 Å². The van der Waals surface area contributed by atoms with Gasteiger partial charge in [-0.1, -0.05) is 0 Å². The number of ether oxygens (including phenoxy) is 1. The molecule has 6 nitrogen and oxygen atoms in total. The second-order valence-corrected chi connectivity index (χ2v) is 6.19. The number of hydrogen-bond acceptors (Lipinski definition) is 5. The number of carbonyl (C=O) groups is 1. The molecule has 1 aliphatic rings. The average molecular weight is 312 g/mol. The summed E-state index contributed by atoms with van der Waals surface area (Å²) < 4.78 is 7.15. The average Bonchev–Trinajstić information content (AvgIpc) is 3.29. The first kappa shape index (κ1) is 15.5. The maximum Gasteiger partial charge on any atom is 0.339 e. The lowest BCUT2D eigenvalue weighted by atomic mass is 10.1. The fourth-order valence-corrected chi connectivity index (χ4v) is 2.57. The minimum Gasteiger partial charge on any atom is -0.462 e. The minimum absolute atomic E-state index is 0.175. The maximum absolute atomic E-state index is 12.4. The number of aromatic nitrogens is 3. The summed E-state index contributed by atoms with van der Waals surface area (Å²) in [6.07, 6.45) is 4.86. The van der Waals surface area contributed by atoms with Crippen LogP contribution < -0.4 is 0 Å². The zero-order chi connectivity index (χ0) is 16.4. The van der Waals surface area contributed by atoms with Gasteiger partial charge in [-0.05, 0) is 39.2 Å². The van der Waals surface area contributed by atoms with Gasteiger partial charge in [0.05, 0.1) is 29.8 Å². The molecule has 1 aliphatic carbocycles. The maximum atomic E-state index is 12.4. The van der Waals surface area contributed by atoms with Gasteiger partial charge in [0.1, 0.15) is 0 Å². The second-order valence-electron chi connectivity index (χ2n) is 6.19. The zero-order valence-corrected chi connectivity index (χ0v) is 13.5. The molecule has 0 aliphatic heterocycles. The van der Waals surface area contributed by atoms with E-state index in [1.54, 1.807) is 6.20 Å². The first-order chi connectivity index (χ1) is 11.1. The van der Waals surface area contributed by atoms with Crippen molar-refractivity contribution in [3.05, 3.63) is 23.5 Å². The van der Waals surface area contributed by atoms with E-state index in [-0.39, 0.29) is 18.6 Å². The molecule has 0 spiro atoms. The van der Waals surface area contributed by atoms with Crippen molar-refractivity contribution in [2.45, 2.75) is 51.5 Å². The molecule has 2 aromatic rings. The van der Waals surface area contributed by atoms with Gasteiger partial charge in [0, 0.05) is 24.1 Å². The SMILES string of the molecule is CC(C)n1ncc2c(C(=O)OCCCC#N)cc(C3CC3)nc21. The highest BCUT2D eigenvalue weighted by Gasteiger charge is 2.28. The van der Waals surface area contributed by atoms with Crippen LogP contribution >= 0.6 is 0 Å². The summed E-state index contributed by atoms with van der Waals surface area (Å²) in [6.45, 7) is 4.34. The van der Waals surface area contributed by atoms with E-state index >= 15 is 0 Å². The number of hydrogen-bond donors (Lipinski definition) is 0. The molecule has 3 rings (SSSR count). The van der Waals surface area contributed by atoms with Gasteiger partial charge in [-0.3, -0.25) is 0 Å². The molecule has 0 amide bonds. The highest BCUT2D eigenvalue weighted by molar-refractivity contribution is 6.02. The van der Waals surface area contributed by atoms with Gasteiger partial charge in [0.2, 0.25) is 0 Å². The first-order valence-electron chi connectivity index (χ1n) is 8.04. The van der Waals surface area contributed by atoms with Crippen molar-refractivity contribution in [3.63, 3.8) is 0 Å². The Hall–Kier alpha value is -2.42. The molecular formula is C17H20N4O2. The minimum atomic E-state index is -0.361. The standard InChI is InChI=1S/C17H20N4O2/c1-11(2)21-16-14(10-19-21)13(9-15(20-16)12-5-6-12)17(22)23-8-4-3-7-18/h9-12H,3-6,8H2,1-2H3. The van der Waals surface area contributed by atoms with Crippen molar-refractivity contribution in [1.82, 2.24) is 14.8 Å². The Labute approximate surface area is 135 Å². The van der Waals surface area contributed by atoms with Crippen LogP contribution in [-0.4, -0.2) is 27.3 Å². The number of carbonyl (C=O) groups excluding carboxylic acids is 1. The molecule has 1 saturated carbocycles. The molecule has 6 heteroatoms. The zero-order valence-electron chi connectivity index (χ0n) is 13.5. The van der Waals surface area contributed by atoms with Crippen LogP contribution in [0.15, 0.2) is 12.3 Å². The van der Waals surface area contributed by atoms with E-state index in [1.807, 2.05) is 30.7 Å². The van der Waals surface area contributed by atoms with Crippen LogP contribution in [0.2, 0.25) is 0 Å². The van der Waals surface area contributed by atoms with Gasteiger partial charge in [-0.25, -0.2) is 14.5 Å². The van der Waals surface area contributed by atoms with Crippen LogP contribution in [0, 0.1) is 11.3 Å². The summed E-state index contributed by atoms with van der Waals surface area (Å²) >= 11 is 0. The fourth-order valence-electron chi connectivity index (χ4n) is 2.57. The van der Waals surface area contributed by atoms with E-state index in [9.17, 15) is 4.79 Å². The summed E-state index contributed by atoms with van der Waals surface area (Å²) in [5.41, 5.74) is 2.22. The Morgan fingerprint density at radius 3 is 2.96 bits per heavy atom. The van der Waals surface area contributed by atoms with Crippen LogP contribution in [0.25, 0.3) is 11.0 Å². The summed E-state index contributed by atoms with van der Waals surface area (Å²) in [5.74, 6) is 0.0839. The highest BCUT2D eigenvalue weighted by atomic mass is 16.5. The monoisotopic (exact) mass is 312 g/mol. The van der Waals surface area contributed by atoms with Gasteiger partial charge in [-0.2, -0.15) is 10.4 Å². The largest absolute Gasteiger partial charge is 0.462 e. The van der Waals surface area contributed by atoms with E-state index in [1.165, 1.54) is 0 Å². The molecule has 0 aromatic carbocycles. The third-order valence-electron chi connectivity index (χ3n) is 3.96. The topological polar surface area (TPSA) is 80.8 Å². The van der Waals surface area contributed by atoms with E-state index in [4.69, 9.17) is 15.0 Å². The molecule has 0 atom stereocenters. The van der Waals surface area contributed by atoms with Crippen LogP contribution in [-0.2, 0) is 4.74 Å². The van der Waals surface area contributed by atoms with Crippen LogP contribution in [0.4, 0.5) is 0 Å². The third-order valence-corrected chi connectivity index (χ3v) is 3.96. The van der Waals surface area contributed by atoms with Crippen molar-refractivity contribution in [2.75, 3.05) is 6.61 Å². The third kappa shape index (κ3) is 3.19. The van der Waals surface area contributed by atoms with Crippen LogP contribution in [0.1, 0.15) is 67.5 Å². The predicted octanol–water partition coefficient (Wildman–Crippen LogP) is 3.35. The number of esters is 1. The molecule has 120 valence electrons. The first-order valence-corrected chi connectivity index (χ1v) is 8.04. The molecule has 0 radical (unpaired) electrons. The number of nitriles is 1.